The molecule has 2 atom stereocenters. The van der Waals surface area contributed by atoms with E-state index >= 15 is 0 Å². The number of ether oxygens (including phenoxy) is 1. The largest absolute Gasteiger partial charge is 0.481 e. The van der Waals surface area contributed by atoms with Crippen LogP contribution in [-0.2, 0) is 14.3 Å². The number of allylic oxidation sites excluding steroid dienone is 1. The van der Waals surface area contributed by atoms with E-state index in [1.807, 2.05) is 56.3 Å². The van der Waals surface area contributed by atoms with E-state index in [1.165, 1.54) is 0 Å². The Morgan fingerprint density at radius 2 is 1.59 bits per heavy atom. The molecule has 1 aliphatic rings. The minimum absolute atomic E-state index is 0.0803. The Morgan fingerprint density at radius 1 is 1.00 bits per heavy atom. The third kappa shape index (κ3) is 6.25. The lowest BCUT2D eigenvalue weighted by molar-refractivity contribution is -0.137. The van der Waals surface area contributed by atoms with Gasteiger partial charge in [-0.2, -0.15) is 0 Å². The molecule has 0 radical (unpaired) electrons. The molecule has 0 aliphatic heterocycles. The minimum Gasteiger partial charge on any atom is -0.481 e. The van der Waals surface area contributed by atoms with Crippen molar-refractivity contribution < 1.29 is 24.2 Å². The van der Waals surface area contributed by atoms with Crippen LogP contribution in [0.25, 0.3) is 11.1 Å². The number of fused-ring (bicyclic) bond motifs is 3. The van der Waals surface area contributed by atoms with Crippen molar-refractivity contribution in [3.63, 3.8) is 0 Å². The highest BCUT2D eigenvalue weighted by Gasteiger charge is 2.30. The zero-order valence-electron chi connectivity index (χ0n) is 19.8. The summed E-state index contributed by atoms with van der Waals surface area (Å²) in [7, 11) is 0. The zero-order valence-corrected chi connectivity index (χ0v) is 19.8. The number of benzene rings is 2. The van der Waals surface area contributed by atoms with Crippen molar-refractivity contribution in [2.24, 2.45) is 0 Å². The lowest BCUT2D eigenvalue weighted by atomic mass is 9.98. The van der Waals surface area contributed by atoms with E-state index in [1.54, 1.807) is 6.92 Å². The maximum absolute atomic E-state index is 12.8. The van der Waals surface area contributed by atoms with Gasteiger partial charge in [0, 0.05) is 12.0 Å². The molecule has 2 unspecified atom stereocenters. The SMILES string of the molecule is CCC(CC(=O)O)NC(=O)C(CC=C(C)C)NC(=O)OCC1c2ccccc2-c2ccccc21. The van der Waals surface area contributed by atoms with Gasteiger partial charge in [0.15, 0.2) is 0 Å². The zero-order chi connectivity index (χ0) is 24.7. The number of aliphatic carboxylic acids is 1. The number of hydrogen-bond donors (Lipinski definition) is 3. The van der Waals surface area contributed by atoms with Crippen molar-refractivity contribution in [3.8, 4) is 11.1 Å². The van der Waals surface area contributed by atoms with Crippen LogP contribution in [0.3, 0.4) is 0 Å². The first-order valence-corrected chi connectivity index (χ1v) is 11.6. The van der Waals surface area contributed by atoms with Gasteiger partial charge in [-0.1, -0.05) is 67.1 Å². The Labute approximate surface area is 200 Å². The topological polar surface area (TPSA) is 105 Å². The van der Waals surface area contributed by atoms with Crippen LogP contribution < -0.4 is 10.6 Å². The summed E-state index contributed by atoms with van der Waals surface area (Å²) >= 11 is 0. The maximum atomic E-state index is 12.8. The van der Waals surface area contributed by atoms with Crippen molar-refractivity contribution >= 4 is 18.0 Å². The highest BCUT2D eigenvalue weighted by Crippen LogP contribution is 2.44. The van der Waals surface area contributed by atoms with E-state index in [-0.39, 0.29) is 25.4 Å². The number of carbonyl (C=O) groups is 3. The molecule has 0 heterocycles. The molecule has 7 heteroatoms. The first-order chi connectivity index (χ1) is 16.3. The molecule has 3 rings (SSSR count). The summed E-state index contributed by atoms with van der Waals surface area (Å²) in [4.78, 5) is 36.6. The number of carboxylic acid groups (broad SMARTS) is 1. The second kappa shape index (κ2) is 11.5. The summed E-state index contributed by atoms with van der Waals surface area (Å²) in [6.07, 6.45) is 1.74. The van der Waals surface area contributed by atoms with Crippen LogP contribution in [0, 0.1) is 0 Å². The van der Waals surface area contributed by atoms with Crippen LogP contribution in [-0.4, -0.2) is 41.8 Å². The number of carboxylic acids is 1. The van der Waals surface area contributed by atoms with E-state index in [0.717, 1.165) is 27.8 Å². The molecule has 2 aromatic carbocycles. The van der Waals surface area contributed by atoms with Gasteiger partial charge < -0.3 is 20.5 Å². The van der Waals surface area contributed by atoms with E-state index in [2.05, 4.69) is 22.8 Å². The molecule has 1 aliphatic carbocycles. The molecule has 0 spiro atoms. The van der Waals surface area contributed by atoms with Crippen LogP contribution in [0.2, 0.25) is 0 Å². The summed E-state index contributed by atoms with van der Waals surface area (Å²) in [5.41, 5.74) is 5.49. The predicted octanol–water partition coefficient (Wildman–Crippen LogP) is 4.62. The van der Waals surface area contributed by atoms with Gasteiger partial charge in [0.2, 0.25) is 5.91 Å². The highest BCUT2D eigenvalue weighted by molar-refractivity contribution is 5.86. The van der Waals surface area contributed by atoms with Gasteiger partial charge in [-0.3, -0.25) is 9.59 Å². The van der Waals surface area contributed by atoms with Crippen LogP contribution in [0.15, 0.2) is 60.2 Å². The molecule has 3 N–H and O–H groups in total. The number of alkyl carbamates (subject to hydrolysis) is 1. The molecule has 0 aromatic heterocycles. The predicted molar refractivity (Wildman–Crippen MR) is 131 cm³/mol. The summed E-state index contributed by atoms with van der Waals surface area (Å²) in [6.45, 7) is 5.76. The van der Waals surface area contributed by atoms with Gasteiger partial charge in [-0.05, 0) is 48.9 Å². The van der Waals surface area contributed by atoms with Crippen LogP contribution >= 0.6 is 0 Å². The van der Waals surface area contributed by atoms with Gasteiger partial charge in [-0.15, -0.1) is 0 Å². The standard InChI is InChI=1S/C27H32N2O5/c1-4-18(15-25(30)31)28-26(32)24(14-13-17(2)3)29-27(33)34-16-23-21-11-7-5-9-19(21)20-10-6-8-12-22(20)23/h5-13,18,23-24H,4,14-16H2,1-3H3,(H,28,32)(H,29,33)(H,30,31). The number of rotatable bonds is 10. The van der Waals surface area contributed by atoms with Gasteiger partial charge in [-0.25, -0.2) is 4.79 Å². The molecule has 2 aromatic rings. The molecule has 0 saturated heterocycles. The Bertz CT molecular complexity index is 1030. The lowest BCUT2D eigenvalue weighted by Gasteiger charge is -2.22. The fraction of sp³-hybridized carbons (Fsp3) is 0.370. The van der Waals surface area contributed by atoms with E-state index in [4.69, 9.17) is 9.84 Å². The number of amides is 2. The summed E-state index contributed by atoms with van der Waals surface area (Å²) < 4.78 is 5.58. The number of hydrogen-bond acceptors (Lipinski definition) is 4. The second-order valence-corrected chi connectivity index (χ2v) is 8.75. The fourth-order valence-corrected chi connectivity index (χ4v) is 4.18. The normalized spacial score (nSPS) is 13.7. The Balaban J connectivity index is 1.67. The quantitative estimate of drug-likeness (QED) is 0.445. The first kappa shape index (κ1) is 25.0. The average molecular weight is 465 g/mol. The van der Waals surface area contributed by atoms with E-state index < -0.39 is 30.1 Å². The minimum atomic E-state index is -0.988. The second-order valence-electron chi connectivity index (χ2n) is 8.75. The Kier molecular flexibility index (Phi) is 8.46. The van der Waals surface area contributed by atoms with Gasteiger partial charge >= 0.3 is 12.1 Å². The third-order valence-electron chi connectivity index (χ3n) is 5.97. The Morgan fingerprint density at radius 3 is 2.12 bits per heavy atom. The monoisotopic (exact) mass is 464 g/mol. The molecule has 180 valence electrons. The smallest absolute Gasteiger partial charge is 0.407 e. The van der Waals surface area contributed by atoms with Crippen LogP contribution in [0.4, 0.5) is 4.79 Å². The summed E-state index contributed by atoms with van der Waals surface area (Å²) in [5, 5.41) is 14.4. The maximum Gasteiger partial charge on any atom is 0.407 e. The van der Waals surface area contributed by atoms with Crippen LogP contribution in [0.1, 0.15) is 57.1 Å². The molecule has 0 fully saturated rings. The van der Waals surface area contributed by atoms with Crippen molar-refractivity contribution in [1.29, 1.82) is 0 Å². The van der Waals surface area contributed by atoms with Crippen molar-refractivity contribution in [2.45, 2.75) is 58.0 Å². The molecular weight excluding hydrogens is 432 g/mol. The molecule has 7 nitrogen and oxygen atoms in total. The average Bonchev–Trinajstić information content (AvgIpc) is 3.13. The lowest BCUT2D eigenvalue weighted by Crippen LogP contribution is -2.50. The first-order valence-electron chi connectivity index (χ1n) is 11.6. The van der Waals surface area contributed by atoms with Gasteiger partial charge in [0.1, 0.15) is 12.6 Å². The van der Waals surface area contributed by atoms with E-state index in [0.29, 0.717) is 6.42 Å². The fourth-order valence-electron chi connectivity index (χ4n) is 4.18. The Hall–Kier alpha value is -3.61. The molecule has 0 saturated carbocycles. The third-order valence-corrected chi connectivity index (χ3v) is 5.97. The van der Waals surface area contributed by atoms with Gasteiger partial charge in [0.25, 0.3) is 0 Å². The number of carbonyl (C=O) groups excluding carboxylic acids is 2. The highest BCUT2D eigenvalue weighted by atomic mass is 16.5. The molecular formula is C27H32N2O5. The van der Waals surface area contributed by atoms with Crippen molar-refractivity contribution in [2.75, 3.05) is 6.61 Å². The van der Waals surface area contributed by atoms with E-state index in [9.17, 15) is 14.4 Å². The van der Waals surface area contributed by atoms with Gasteiger partial charge in [0.05, 0.1) is 6.42 Å². The molecule has 2 amide bonds. The number of nitrogens with one attached hydrogen (secondary N) is 2. The summed E-state index contributed by atoms with van der Waals surface area (Å²) in [6, 6.07) is 14.8. The molecule has 34 heavy (non-hydrogen) atoms. The molecule has 0 bridgehead atoms. The van der Waals surface area contributed by atoms with Crippen molar-refractivity contribution in [3.05, 3.63) is 71.3 Å². The van der Waals surface area contributed by atoms with Crippen LogP contribution in [0.5, 0.6) is 0 Å². The van der Waals surface area contributed by atoms with Crippen molar-refractivity contribution in [1.82, 2.24) is 10.6 Å². The summed E-state index contributed by atoms with van der Waals surface area (Å²) in [5.74, 6) is -1.50.